The highest BCUT2D eigenvalue weighted by Gasteiger charge is 2.14. The van der Waals surface area contributed by atoms with Gasteiger partial charge < -0.3 is 9.67 Å². The van der Waals surface area contributed by atoms with E-state index in [2.05, 4.69) is 17.1 Å². The molecule has 0 spiro atoms. The highest BCUT2D eigenvalue weighted by atomic mass is 16.3. The van der Waals surface area contributed by atoms with Crippen LogP contribution >= 0.6 is 0 Å². The van der Waals surface area contributed by atoms with Crippen molar-refractivity contribution in [1.29, 1.82) is 0 Å². The number of aryl methyl sites for hydroxylation is 2. The van der Waals surface area contributed by atoms with E-state index >= 15 is 0 Å². The van der Waals surface area contributed by atoms with E-state index in [9.17, 15) is 5.11 Å². The maximum atomic E-state index is 10.7. The summed E-state index contributed by atoms with van der Waals surface area (Å²) >= 11 is 0. The van der Waals surface area contributed by atoms with Crippen LogP contribution in [0.1, 0.15) is 30.9 Å². The Hall–Kier alpha value is -3.08. The number of phenols is 1. The van der Waals surface area contributed by atoms with Crippen molar-refractivity contribution in [2.45, 2.75) is 33.1 Å². The average Bonchev–Trinajstić information content (AvgIpc) is 3.30. The van der Waals surface area contributed by atoms with Gasteiger partial charge in [0.2, 0.25) is 0 Å². The Morgan fingerprint density at radius 2 is 1.77 bits per heavy atom. The molecule has 2 aromatic heterocycles. The van der Waals surface area contributed by atoms with Crippen molar-refractivity contribution < 1.29 is 5.11 Å². The summed E-state index contributed by atoms with van der Waals surface area (Å²) in [7, 11) is 0. The number of aromatic hydroxyl groups is 1. The second-order valence-corrected chi connectivity index (χ2v) is 6.65. The maximum absolute atomic E-state index is 10.7. The van der Waals surface area contributed by atoms with Crippen molar-refractivity contribution >= 4 is 11.0 Å². The van der Waals surface area contributed by atoms with E-state index in [-0.39, 0.29) is 5.75 Å². The van der Waals surface area contributed by atoms with Gasteiger partial charge in [0.15, 0.2) is 0 Å². The fourth-order valence-electron chi connectivity index (χ4n) is 3.22. The zero-order valence-corrected chi connectivity index (χ0v) is 15.1. The van der Waals surface area contributed by atoms with Crippen LogP contribution in [0.4, 0.5) is 0 Å². The van der Waals surface area contributed by atoms with E-state index in [1.807, 2.05) is 66.3 Å². The zero-order chi connectivity index (χ0) is 18.1. The lowest BCUT2D eigenvalue weighted by Crippen LogP contribution is -2.02. The van der Waals surface area contributed by atoms with Gasteiger partial charge in [-0.1, -0.05) is 19.4 Å². The Bertz CT molecular complexity index is 1050. The number of aromatic nitrogens is 4. The minimum absolute atomic E-state index is 0.273. The summed E-state index contributed by atoms with van der Waals surface area (Å²) in [5, 5.41) is 19.9. The Kier molecular flexibility index (Phi) is 4.21. The smallest absolute Gasteiger partial charge is 0.146 e. The monoisotopic (exact) mass is 346 g/mol. The van der Waals surface area contributed by atoms with Gasteiger partial charge in [0.1, 0.15) is 22.5 Å². The number of phenolic OH excluding ortho intramolecular Hbond substituents is 1. The number of hydrogen-bond donors (Lipinski definition) is 1. The molecule has 132 valence electrons. The lowest BCUT2D eigenvalue weighted by Gasteiger charge is -2.10. The number of benzene rings is 2. The molecule has 2 aromatic carbocycles. The summed E-state index contributed by atoms with van der Waals surface area (Å²) in [5.74, 6) is 0.273. The van der Waals surface area contributed by atoms with E-state index in [0.717, 1.165) is 47.1 Å². The minimum atomic E-state index is 0.273. The summed E-state index contributed by atoms with van der Waals surface area (Å²) in [5.41, 5.74) is 5.32. The molecular weight excluding hydrogens is 324 g/mol. The van der Waals surface area contributed by atoms with Crippen molar-refractivity contribution in [2.75, 3.05) is 0 Å². The van der Waals surface area contributed by atoms with Crippen LogP contribution < -0.4 is 0 Å². The lowest BCUT2D eigenvalue weighted by molar-refractivity contribution is 0.459. The quantitative estimate of drug-likeness (QED) is 0.576. The van der Waals surface area contributed by atoms with Gasteiger partial charge in [-0.05, 0) is 67.3 Å². The number of hydrogen-bond acceptors (Lipinski definition) is 3. The van der Waals surface area contributed by atoms with Crippen LogP contribution in [0.15, 0.2) is 54.9 Å². The van der Waals surface area contributed by atoms with Crippen LogP contribution in [0, 0.1) is 6.92 Å². The Morgan fingerprint density at radius 1 is 1.00 bits per heavy atom. The van der Waals surface area contributed by atoms with Gasteiger partial charge in [-0.2, -0.15) is 0 Å². The third-order valence-electron chi connectivity index (χ3n) is 4.59. The summed E-state index contributed by atoms with van der Waals surface area (Å²) in [4.78, 5) is 1.54. The molecular formula is C21H22N4O. The molecule has 0 aliphatic heterocycles. The molecule has 0 fully saturated rings. The molecule has 0 radical (unpaired) electrons. The van der Waals surface area contributed by atoms with Gasteiger partial charge in [0, 0.05) is 18.1 Å². The number of unbranched alkanes of at least 4 members (excludes halogenated alkanes) is 1. The van der Waals surface area contributed by atoms with Crippen LogP contribution in [0.25, 0.3) is 22.4 Å². The van der Waals surface area contributed by atoms with E-state index in [1.54, 1.807) is 4.80 Å². The van der Waals surface area contributed by atoms with Gasteiger partial charge in [0.05, 0.1) is 0 Å². The van der Waals surface area contributed by atoms with E-state index in [0.29, 0.717) is 5.69 Å². The molecule has 5 heteroatoms. The molecule has 1 N–H and O–H groups in total. The molecule has 5 nitrogen and oxygen atoms in total. The number of nitrogens with zero attached hydrogens (tertiary/aromatic N) is 4. The molecule has 0 amide bonds. The van der Waals surface area contributed by atoms with Crippen LogP contribution in [0.5, 0.6) is 5.75 Å². The fourth-order valence-corrected chi connectivity index (χ4v) is 3.22. The minimum Gasteiger partial charge on any atom is -0.505 e. The van der Waals surface area contributed by atoms with Crippen molar-refractivity contribution in [3.8, 4) is 17.1 Å². The molecule has 26 heavy (non-hydrogen) atoms. The van der Waals surface area contributed by atoms with Crippen molar-refractivity contribution in [3.63, 3.8) is 0 Å². The second kappa shape index (κ2) is 6.67. The molecule has 4 aromatic rings. The number of fused-ring (bicyclic) bond motifs is 1. The van der Waals surface area contributed by atoms with Crippen molar-refractivity contribution in [2.24, 2.45) is 0 Å². The highest BCUT2D eigenvalue weighted by Crippen LogP contribution is 2.29. The highest BCUT2D eigenvalue weighted by molar-refractivity contribution is 5.76. The SMILES string of the molecule is CCCCc1cc(C)cc(-n2nc3ccc(-n4cccc4)cc3n2)c1O. The largest absolute Gasteiger partial charge is 0.505 e. The van der Waals surface area contributed by atoms with E-state index in [1.165, 1.54) is 0 Å². The summed E-state index contributed by atoms with van der Waals surface area (Å²) in [6, 6.07) is 13.9. The molecule has 4 rings (SSSR count). The van der Waals surface area contributed by atoms with Crippen LogP contribution in [0.2, 0.25) is 0 Å². The second-order valence-electron chi connectivity index (χ2n) is 6.65. The molecule has 0 saturated heterocycles. The molecule has 2 heterocycles. The van der Waals surface area contributed by atoms with Crippen LogP contribution in [-0.2, 0) is 6.42 Å². The van der Waals surface area contributed by atoms with Gasteiger partial charge in [-0.3, -0.25) is 0 Å². The molecule has 0 aliphatic carbocycles. The standard InChI is InChI=1S/C21H22N4O/c1-3-4-7-16-12-15(2)13-20(21(16)26)25-22-18-9-8-17(14-19(18)23-25)24-10-5-6-11-24/h5-6,8-14,26H,3-4,7H2,1-2H3. The van der Waals surface area contributed by atoms with E-state index in [4.69, 9.17) is 0 Å². The third-order valence-corrected chi connectivity index (χ3v) is 4.59. The van der Waals surface area contributed by atoms with Gasteiger partial charge >= 0.3 is 0 Å². The summed E-state index contributed by atoms with van der Waals surface area (Å²) in [6.07, 6.45) is 6.99. The Labute approximate surface area is 152 Å². The van der Waals surface area contributed by atoms with Crippen LogP contribution in [-0.4, -0.2) is 24.7 Å². The molecule has 0 bridgehead atoms. The lowest BCUT2D eigenvalue weighted by atomic mass is 10.0. The summed E-state index contributed by atoms with van der Waals surface area (Å²) < 4.78 is 2.03. The predicted molar refractivity (Wildman–Crippen MR) is 103 cm³/mol. The van der Waals surface area contributed by atoms with Crippen LogP contribution in [0.3, 0.4) is 0 Å². The zero-order valence-electron chi connectivity index (χ0n) is 15.1. The molecule has 0 atom stereocenters. The first-order valence-corrected chi connectivity index (χ1v) is 8.99. The van der Waals surface area contributed by atoms with Gasteiger partial charge in [0.25, 0.3) is 0 Å². The Morgan fingerprint density at radius 3 is 2.54 bits per heavy atom. The number of rotatable bonds is 5. The topological polar surface area (TPSA) is 55.9 Å². The van der Waals surface area contributed by atoms with E-state index < -0.39 is 0 Å². The van der Waals surface area contributed by atoms with Gasteiger partial charge in [-0.15, -0.1) is 15.0 Å². The Balaban J connectivity index is 1.78. The molecule has 0 saturated carbocycles. The summed E-state index contributed by atoms with van der Waals surface area (Å²) in [6.45, 7) is 4.18. The third kappa shape index (κ3) is 2.96. The molecule has 0 unspecified atom stereocenters. The van der Waals surface area contributed by atoms with Gasteiger partial charge in [-0.25, -0.2) is 0 Å². The molecule has 0 aliphatic rings. The first-order valence-electron chi connectivity index (χ1n) is 8.99. The van der Waals surface area contributed by atoms with Crippen molar-refractivity contribution in [3.05, 3.63) is 66.0 Å². The fraction of sp³-hybridized carbons (Fsp3) is 0.238. The first-order chi connectivity index (χ1) is 12.7. The first kappa shape index (κ1) is 16.4. The normalized spacial score (nSPS) is 11.3. The average molecular weight is 346 g/mol. The van der Waals surface area contributed by atoms with Crippen molar-refractivity contribution in [1.82, 2.24) is 19.6 Å². The maximum Gasteiger partial charge on any atom is 0.146 e. The predicted octanol–water partition coefficient (Wildman–Crippen LogP) is 4.57.